The number of aryl methyl sites for hydroxylation is 1. The number of ketones is 1. The molecule has 182 valence electrons. The van der Waals surface area contributed by atoms with Crippen LogP contribution in [0.2, 0.25) is 0 Å². The fraction of sp³-hybridized carbons (Fsp3) is 0.286. The van der Waals surface area contributed by atoms with Gasteiger partial charge in [0.1, 0.15) is 5.78 Å². The molecule has 1 aliphatic heterocycles. The Bertz CT molecular complexity index is 1340. The maximum Gasteiger partial charge on any atom is 0.336 e. The number of carbonyl (C=O) groups excluding carboxylic acids is 1. The molecule has 0 atom stereocenters. The molecule has 7 heteroatoms. The van der Waals surface area contributed by atoms with Crippen LogP contribution in [-0.2, 0) is 16.6 Å². The Kier molecular flexibility index (Phi) is 5.63. The van der Waals surface area contributed by atoms with Gasteiger partial charge in [0.15, 0.2) is 23.0 Å². The van der Waals surface area contributed by atoms with Crippen LogP contribution in [0.4, 0.5) is 0 Å². The SMILES string of the molecule is COc1cc(C(=O)O)c(-c2cc(CC(=O)C3(c4ccc5c(c4)OCO5)CC3)ccc2C)cc1OC.[HH]. The lowest BCUT2D eigenvalue weighted by atomic mass is 9.86. The summed E-state index contributed by atoms with van der Waals surface area (Å²) in [6.07, 6.45) is 1.84. The van der Waals surface area contributed by atoms with Crippen molar-refractivity contribution in [1.29, 1.82) is 0 Å². The Morgan fingerprint density at radius 1 is 0.943 bits per heavy atom. The van der Waals surface area contributed by atoms with Crippen LogP contribution >= 0.6 is 0 Å². The first kappa shape index (κ1) is 22.8. The smallest absolute Gasteiger partial charge is 0.336 e. The predicted octanol–water partition coefficient (Wildman–Crippen LogP) is 5.20. The van der Waals surface area contributed by atoms with Gasteiger partial charge in [-0.15, -0.1) is 0 Å². The largest absolute Gasteiger partial charge is 0.493 e. The van der Waals surface area contributed by atoms with Gasteiger partial charge in [-0.3, -0.25) is 4.79 Å². The average Bonchev–Trinajstić information content (AvgIpc) is 3.55. The van der Waals surface area contributed by atoms with Gasteiger partial charge in [-0.25, -0.2) is 4.79 Å². The number of hydrogen-bond donors (Lipinski definition) is 1. The second kappa shape index (κ2) is 8.65. The monoisotopic (exact) mass is 476 g/mol. The van der Waals surface area contributed by atoms with E-state index in [1.54, 1.807) is 6.07 Å². The number of aromatic carboxylic acids is 1. The quantitative estimate of drug-likeness (QED) is 0.478. The first-order chi connectivity index (χ1) is 16.9. The molecule has 0 saturated heterocycles. The van der Waals surface area contributed by atoms with E-state index in [0.717, 1.165) is 35.1 Å². The van der Waals surface area contributed by atoms with Gasteiger partial charge in [0, 0.05) is 13.4 Å². The average molecular weight is 477 g/mol. The maximum absolute atomic E-state index is 13.5. The van der Waals surface area contributed by atoms with Crippen molar-refractivity contribution in [3.8, 4) is 34.1 Å². The van der Waals surface area contributed by atoms with E-state index >= 15 is 0 Å². The first-order valence-corrected chi connectivity index (χ1v) is 11.4. The van der Waals surface area contributed by atoms with Crippen molar-refractivity contribution in [3.63, 3.8) is 0 Å². The van der Waals surface area contributed by atoms with Crippen molar-refractivity contribution < 1.29 is 35.1 Å². The fourth-order valence-electron chi connectivity index (χ4n) is 4.75. The molecule has 0 unspecified atom stereocenters. The molecule has 2 aliphatic rings. The standard InChI is InChI=1S/C28H26O7.H2/c1-16-4-5-17(10-19(16)20-13-23(32-2)24(33-3)14-21(20)27(30)31)11-26(29)28(8-9-28)18-6-7-22-25(12-18)35-15-34-22;/h4-7,10,12-14H,8-9,11,15H2,1-3H3,(H,30,31);1H. The number of hydrogen-bond acceptors (Lipinski definition) is 6. The molecular formula is C28H28O7. The molecule has 0 aromatic heterocycles. The molecule has 0 bridgehead atoms. The van der Waals surface area contributed by atoms with Gasteiger partial charge in [-0.2, -0.15) is 0 Å². The molecule has 1 N–H and O–H groups in total. The number of fused-ring (bicyclic) bond motifs is 1. The number of carbonyl (C=O) groups is 2. The van der Waals surface area contributed by atoms with Gasteiger partial charge in [-0.1, -0.05) is 24.3 Å². The van der Waals surface area contributed by atoms with E-state index in [0.29, 0.717) is 28.6 Å². The molecule has 3 aromatic carbocycles. The Balaban J connectivity index is 0.00000304. The van der Waals surface area contributed by atoms with E-state index in [1.807, 2.05) is 43.3 Å². The van der Waals surface area contributed by atoms with Crippen LogP contribution < -0.4 is 18.9 Å². The molecule has 3 aromatic rings. The molecule has 1 heterocycles. The van der Waals surface area contributed by atoms with Crippen LogP contribution in [0.25, 0.3) is 11.1 Å². The Morgan fingerprint density at radius 2 is 1.66 bits per heavy atom. The summed E-state index contributed by atoms with van der Waals surface area (Å²) in [7, 11) is 2.98. The minimum Gasteiger partial charge on any atom is -0.493 e. The van der Waals surface area contributed by atoms with Crippen LogP contribution in [0.1, 0.15) is 41.3 Å². The second-order valence-corrected chi connectivity index (χ2v) is 8.96. The van der Waals surface area contributed by atoms with Crippen molar-refractivity contribution in [2.75, 3.05) is 21.0 Å². The van der Waals surface area contributed by atoms with E-state index in [1.165, 1.54) is 20.3 Å². The zero-order chi connectivity index (χ0) is 24.7. The van der Waals surface area contributed by atoms with E-state index in [4.69, 9.17) is 18.9 Å². The molecule has 1 fully saturated rings. The summed E-state index contributed by atoms with van der Waals surface area (Å²) in [5.41, 5.74) is 3.52. The summed E-state index contributed by atoms with van der Waals surface area (Å²) in [4.78, 5) is 25.5. The highest BCUT2D eigenvalue weighted by Gasteiger charge is 2.50. The molecule has 5 rings (SSSR count). The summed E-state index contributed by atoms with van der Waals surface area (Å²) >= 11 is 0. The summed E-state index contributed by atoms with van der Waals surface area (Å²) in [6, 6.07) is 14.6. The van der Waals surface area contributed by atoms with Crippen molar-refractivity contribution in [3.05, 3.63) is 70.8 Å². The lowest BCUT2D eigenvalue weighted by Gasteiger charge is -2.17. The van der Waals surface area contributed by atoms with Gasteiger partial charge in [0.2, 0.25) is 6.79 Å². The molecule has 7 nitrogen and oxygen atoms in total. The summed E-state index contributed by atoms with van der Waals surface area (Å²) in [6.45, 7) is 2.11. The van der Waals surface area contributed by atoms with Crippen LogP contribution in [0, 0.1) is 6.92 Å². The molecule has 0 radical (unpaired) electrons. The van der Waals surface area contributed by atoms with Crippen LogP contribution in [0.5, 0.6) is 23.0 Å². The molecular weight excluding hydrogens is 448 g/mol. The number of rotatable bonds is 8. The molecule has 1 aliphatic carbocycles. The van der Waals surface area contributed by atoms with Crippen LogP contribution in [0.3, 0.4) is 0 Å². The molecule has 35 heavy (non-hydrogen) atoms. The van der Waals surface area contributed by atoms with Crippen LogP contribution in [-0.4, -0.2) is 37.9 Å². The summed E-state index contributed by atoms with van der Waals surface area (Å²) < 4.78 is 21.6. The third-order valence-corrected chi connectivity index (χ3v) is 6.92. The lowest BCUT2D eigenvalue weighted by molar-refractivity contribution is -0.120. The van der Waals surface area contributed by atoms with Gasteiger partial charge in [-0.05, 0) is 66.3 Å². The molecule has 1 saturated carbocycles. The van der Waals surface area contributed by atoms with E-state index in [9.17, 15) is 14.7 Å². The minimum absolute atomic E-state index is 0. The lowest BCUT2D eigenvalue weighted by Crippen LogP contribution is -2.22. The first-order valence-electron chi connectivity index (χ1n) is 11.4. The van der Waals surface area contributed by atoms with E-state index in [2.05, 4.69) is 0 Å². The van der Waals surface area contributed by atoms with Gasteiger partial charge < -0.3 is 24.1 Å². The third kappa shape index (κ3) is 3.97. The normalized spacial score (nSPS) is 14.9. The van der Waals surface area contributed by atoms with Crippen LogP contribution in [0.15, 0.2) is 48.5 Å². The number of carboxylic acids is 1. The Hall–Kier alpha value is -4.00. The Labute approximate surface area is 204 Å². The van der Waals surface area contributed by atoms with E-state index < -0.39 is 11.4 Å². The zero-order valence-electron chi connectivity index (χ0n) is 19.8. The third-order valence-electron chi connectivity index (χ3n) is 6.92. The number of methoxy groups -OCH3 is 2. The fourth-order valence-corrected chi connectivity index (χ4v) is 4.75. The number of Topliss-reactive ketones (excluding diaryl/α,β-unsaturated/α-hetero) is 1. The van der Waals surface area contributed by atoms with Crippen molar-refractivity contribution in [2.45, 2.75) is 31.6 Å². The van der Waals surface area contributed by atoms with Gasteiger partial charge in [0.05, 0.1) is 25.2 Å². The van der Waals surface area contributed by atoms with Crippen molar-refractivity contribution >= 4 is 11.8 Å². The number of ether oxygens (including phenoxy) is 4. The molecule has 0 spiro atoms. The van der Waals surface area contributed by atoms with Gasteiger partial charge >= 0.3 is 5.97 Å². The minimum atomic E-state index is -1.07. The predicted molar refractivity (Wildman–Crippen MR) is 131 cm³/mol. The topological polar surface area (TPSA) is 91.3 Å². The van der Waals surface area contributed by atoms with E-state index in [-0.39, 0.29) is 26.0 Å². The van der Waals surface area contributed by atoms with Crippen molar-refractivity contribution in [1.82, 2.24) is 0 Å². The highest BCUT2D eigenvalue weighted by Crippen LogP contribution is 2.51. The van der Waals surface area contributed by atoms with Crippen molar-refractivity contribution in [2.24, 2.45) is 0 Å². The highest BCUT2D eigenvalue weighted by molar-refractivity contribution is 5.98. The maximum atomic E-state index is 13.5. The highest BCUT2D eigenvalue weighted by atomic mass is 16.7. The number of carboxylic acid groups (broad SMARTS) is 1. The summed E-state index contributed by atoms with van der Waals surface area (Å²) in [5.74, 6) is 1.22. The Morgan fingerprint density at radius 3 is 2.34 bits per heavy atom. The second-order valence-electron chi connectivity index (χ2n) is 8.96. The zero-order valence-corrected chi connectivity index (χ0v) is 19.8. The number of benzene rings is 3. The van der Waals surface area contributed by atoms with Gasteiger partial charge in [0.25, 0.3) is 0 Å². The summed E-state index contributed by atoms with van der Waals surface area (Å²) in [5, 5.41) is 9.85. The molecule has 0 amide bonds.